The first-order valence-corrected chi connectivity index (χ1v) is 8.69. The maximum Gasteiger partial charge on any atom is 0.274 e. The van der Waals surface area contributed by atoms with E-state index in [1.165, 1.54) is 10.1 Å². The normalized spacial score (nSPS) is 20.6. The van der Waals surface area contributed by atoms with Crippen LogP contribution in [-0.2, 0) is 18.4 Å². The van der Waals surface area contributed by atoms with E-state index in [2.05, 4.69) is 29.3 Å². The molecule has 0 spiro atoms. The molecule has 0 bridgehead atoms. The zero-order valence-electron chi connectivity index (χ0n) is 15.0. The number of amides is 1. The number of hydrogen-bond donors (Lipinski definition) is 1. The zero-order chi connectivity index (χ0) is 18.0. The van der Waals surface area contributed by atoms with E-state index in [-0.39, 0.29) is 23.3 Å². The van der Waals surface area contributed by atoms with Gasteiger partial charge in [0.15, 0.2) is 0 Å². The van der Waals surface area contributed by atoms with Crippen molar-refractivity contribution < 1.29 is 4.79 Å². The lowest BCUT2D eigenvalue weighted by Gasteiger charge is -2.16. The summed E-state index contributed by atoms with van der Waals surface area (Å²) < 4.78 is 1.49. The molecule has 1 aromatic heterocycles. The van der Waals surface area contributed by atoms with Crippen LogP contribution in [0.2, 0.25) is 0 Å². The molecule has 0 unspecified atom stereocenters. The first kappa shape index (κ1) is 17.4. The third-order valence-corrected chi connectivity index (χ3v) is 5.00. The van der Waals surface area contributed by atoms with Gasteiger partial charge in [0, 0.05) is 32.9 Å². The molecule has 5 nitrogen and oxygen atoms in total. The number of anilines is 1. The number of aryl methyl sites for hydroxylation is 2. The SMILES string of the molecule is Cc1ccn(C)c(=O)c1NC(=O)[C@@H]1CN(Cc2ccccc2)C[C@H]1C. The number of rotatable bonds is 4. The minimum Gasteiger partial charge on any atom is -0.321 e. The van der Waals surface area contributed by atoms with Crippen molar-refractivity contribution in [1.82, 2.24) is 9.47 Å². The average molecular weight is 339 g/mol. The van der Waals surface area contributed by atoms with Crippen LogP contribution in [0.1, 0.15) is 18.1 Å². The highest BCUT2D eigenvalue weighted by atomic mass is 16.2. The third kappa shape index (κ3) is 3.82. The molecule has 0 aliphatic carbocycles. The van der Waals surface area contributed by atoms with Crippen LogP contribution in [0.15, 0.2) is 47.4 Å². The highest BCUT2D eigenvalue weighted by Crippen LogP contribution is 2.26. The van der Waals surface area contributed by atoms with Gasteiger partial charge in [-0.1, -0.05) is 37.3 Å². The molecule has 0 saturated carbocycles. The number of hydrogen-bond acceptors (Lipinski definition) is 3. The van der Waals surface area contributed by atoms with Gasteiger partial charge in [0.25, 0.3) is 5.56 Å². The lowest BCUT2D eigenvalue weighted by atomic mass is 9.97. The Bertz CT molecular complexity index is 813. The minimum absolute atomic E-state index is 0.0607. The largest absolute Gasteiger partial charge is 0.321 e. The van der Waals surface area contributed by atoms with Crippen LogP contribution in [0, 0.1) is 18.8 Å². The monoisotopic (exact) mass is 339 g/mol. The van der Waals surface area contributed by atoms with Crippen molar-refractivity contribution in [2.24, 2.45) is 18.9 Å². The molecule has 1 aliphatic heterocycles. The van der Waals surface area contributed by atoms with Gasteiger partial charge in [0.2, 0.25) is 5.91 Å². The summed E-state index contributed by atoms with van der Waals surface area (Å²) in [6.45, 7) is 6.40. The number of nitrogens with one attached hydrogen (secondary N) is 1. The van der Waals surface area contributed by atoms with Crippen LogP contribution in [0.25, 0.3) is 0 Å². The smallest absolute Gasteiger partial charge is 0.274 e. The average Bonchev–Trinajstić information content (AvgIpc) is 2.96. The number of carbonyl (C=O) groups excluding carboxylic acids is 1. The minimum atomic E-state index is -0.167. The Morgan fingerprint density at radius 1 is 1.20 bits per heavy atom. The predicted octanol–water partition coefficient (Wildman–Crippen LogP) is 2.40. The Morgan fingerprint density at radius 2 is 1.92 bits per heavy atom. The highest BCUT2D eigenvalue weighted by molar-refractivity contribution is 5.93. The molecule has 1 aromatic carbocycles. The molecular formula is C20H25N3O2. The van der Waals surface area contributed by atoms with Crippen LogP contribution in [0.5, 0.6) is 0 Å². The fourth-order valence-corrected chi connectivity index (χ4v) is 3.47. The molecule has 0 radical (unpaired) electrons. The molecule has 3 rings (SSSR count). The van der Waals surface area contributed by atoms with E-state index in [4.69, 9.17) is 0 Å². The van der Waals surface area contributed by atoms with E-state index < -0.39 is 0 Å². The van der Waals surface area contributed by atoms with Crippen molar-refractivity contribution in [2.45, 2.75) is 20.4 Å². The van der Waals surface area contributed by atoms with Crippen molar-refractivity contribution in [2.75, 3.05) is 18.4 Å². The second-order valence-corrected chi connectivity index (χ2v) is 7.04. The number of likely N-dealkylation sites (tertiary alicyclic amines) is 1. The molecule has 25 heavy (non-hydrogen) atoms. The molecule has 1 fully saturated rings. The van der Waals surface area contributed by atoms with Crippen molar-refractivity contribution in [3.63, 3.8) is 0 Å². The molecule has 2 aromatic rings. The maximum atomic E-state index is 12.8. The molecule has 1 aliphatic rings. The lowest BCUT2D eigenvalue weighted by molar-refractivity contribution is -0.120. The Hall–Kier alpha value is -2.40. The summed E-state index contributed by atoms with van der Waals surface area (Å²) in [5.41, 5.74) is 2.27. The van der Waals surface area contributed by atoms with E-state index >= 15 is 0 Å². The maximum absolute atomic E-state index is 12.8. The van der Waals surface area contributed by atoms with Gasteiger partial charge in [-0.05, 0) is 30.0 Å². The Kier molecular flexibility index (Phi) is 5.04. The van der Waals surface area contributed by atoms with Crippen molar-refractivity contribution in [1.29, 1.82) is 0 Å². The first-order chi connectivity index (χ1) is 12.0. The summed E-state index contributed by atoms with van der Waals surface area (Å²) in [5.74, 6) is 0.0964. The summed E-state index contributed by atoms with van der Waals surface area (Å²) in [5, 5.41) is 2.88. The van der Waals surface area contributed by atoms with Gasteiger partial charge in [0.05, 0.1) is 5.92 Å². The standard InChI is InChI=1S/C20H25N3O2/c1-14-9-10-22(3)20(25)18(14)21-19(24)17-13-23(11-15(17)2)12-16-7-5-4-6-8-16/h4-10,15,17H,11-13H2,1-3H3,(H,21,24)/t15-,17-/m1/s1. The fourth-order valence-electron chi connectivity index (χ4n) is 3.47. The van der Waals surface area contributed by atoms with Crippen molar-refractivity contribution >= 4 is 11.6 Å². The zero-order valence-corrected chi connectivity index (χ0v) is 15.0. The van der Waals surface area contributed by atoms with Gasteiger partial charge < -0.3 is 9.88 Å². The van der Waals surface area contributed by atoms with E-state index in [1.54, 1.807) is 13.2 Å². The van der Waals surface area contributed by atoms with Gasteiger partial charge in [-0.15, -0.1) is 0 Å². The summed E-state index contributed by atoms with van der Waals surface area (Å²) in [6, 6.07) is 12.1. The second-order valence-electron chi connectivity index (χ2n) is 7.04. The number of carbonyl (C=O) groups is 1. The van der Waals surface area contributed by atoms with Gasteiger partial charge in [-0.2, -0.15) is 0 Å². The molecule has 1 N–H and O–H groups in total. The van der Waals surface area contributed by atoms with E-state index in [1.807, 2.05) is 31.2 Å². The Balaban J connectivity index is 1.69. The van der Waals surface area contributed by atoms with Gasteiger partial charge in [-0.25, -0.2) is 0 Å². The number of pyridine rings is 1. The Labute approximate surface area is 148 Å². The summed E-state index contributed by atoms with van der Waals surface area (Å²) in [4.78, 5) is 27.3. The van der Waals surface area contributed by atoms with Gasteiger partial charge in [0.1, 0.15) is 5.69 Å². The molecular weight excluding hydrogens is 314 g/mol. The van der Waals surface area contributed by atoms with E-state index in [0.29, 0.717) is 12.2 Å². The van der Waals surface area contributed by atoms with Crippen LogP contribution in [-0.4, -0.2) is 28.5 Å². The lowest BCUT2D eigenvalue weighted by Crippen LogP contribution is -2.32. The molecule has 1 amide bonds. The van der Waals surface area contributed by atoms with E-state index in [9.17, 15) is 9.59 Å². The van der Waals surface area contributed by atoms with Crippen LogP contribution < -0.4 is 10.9 Å². The van der Waals surface area contributed by atoms with Crippen LogP contribution >= 0.6 is 0 Å². The molecule has 2 atom stereocenters. The topological polar surface area (TPSA) is 54.3 Å². The van der Waals surface area contributed by atoms with Gasteiger partial charge in [-0.3, -0.25) is 14.5 Å². The Morgan fingerprint density at radius 3 is 2.64 bits per heavy atom. The summed E-state index contributed by atoms with van der Waals surface area (Å²) in [7, 11) is 1.69. The molecule has 132 valence electrons. The molecule has 1 saturated heterocycles. The molecule has 5 heteroatoms. The van der Waals surface area contributed by atoms with E-state index in [0.717, 1.165) is 18.7 Å². The van der Waals surface area contributed by atoms with Gasteiger partial charge >= 0.3 is 0 Å². The number of nitrogens with zero attached hydrogens (tertiary/aromatic N) is 2. The van der Waals surface area contributed by atoms with Crippen molar-refractivity contribution in [3.8, 4) is 0 Å². The number of benzene rings is 1. The van der Waals surface area contributed by atoms with Crippen LogP contribution in [0.3, 0.4) is 0 Å². The number of aromatic nitrogens is 1. The predicted molar refractivity (Wildman–Crippen MR) is 99.4 cm³/mol. The summed E-state index contributed by atoms with van der Waals surface area (Å²) in [6.07, 6.45) is 1.72. The fraction of sp³-hybridized carbons (Fsp3) is 0.400. The highest BCUT2D eigenvalue weighted by Gasteiger charge is 2.35. The molecule has 2 heterocycles. The van der Waals surface area contributed by atoms with Crippen LogP contribution in [0.4, 0.5) is 5.69 Å². The third-order valence-electron chi connectivity index (χ3n) is 5.00. The second kappa shape index (κ2) is 7.23. The summed E-state index contributed by atoms with van der Waals surface area (Å²) >= 11 is 0. The quantitative estimate of drug-likeness (QED) is 0.931. The van der Waals surface area contributed by atoms with Crippen molar-refractivity contribution in [3.05, 3.63) is 64.1 Å². The first-order valence-electron chi connectivity index (χ1n) is 8.69.